The Kier molecular flexibility index (Phi) is 8.06. The van der Waals surface area contributed by atoms with Crippen LogP contribution < -0.4 is 5.32 Å². The zero-order chi connectivity index (χ0) is 22.4. The van der Waals surface area contributed by atoms with E-state index < -0.39 is 10.0 Å². The van der Waals surface area contributed by atoms with Crippen molar-refractivity contribution in [1.82, 2.24) is 14.5 Å². The van der Waals surface area contributed by atoms with Crippen LogP contribution in [0, 0.1) is 0 Å². The fourth-order valence-electron chi connectivity index (χ4n) is 2.73. The van der Waals surface area contributed by atoms with Crippen LogP contribution in [-0.2, 0) is 15.8 Å². The summed E-state index contributed by atoms with van der Waals surface area (Å²) in [5, 5.41) is 11.8. The van der Waals surface area contributed by atoms with E-state index in [2.05, 4.69) is 15.5 Å². The molecular weight excluding hydrogens is 476 g/mol. The average Bonchev–Trinajstić information content (AvgIpc) is 3.21. The van der Waals surface area contributed by atoms with Crippen molar-refractivity contribution in [3.63, 3.8) is 0 Å². The van der Waals surface area contributed by atoms with Gasteiger partial charge in [-0.3, -0.25) is 10.1 Å². The van der Waals surface area contributed by atoms with Gasteiger partial charge in [-0.25, -0.2) is 8.42 Å². The van der Waals surface area contributed by atoms with E-state index in [0.717, 1.165) is 5.56 Å². The van der Waals surface area contributed by atoms with Crippen molar-refractivity contribution in [2.45, 2.75) is 28.8 Å². The molecule has 11 heteroatoms. The molecule has 31 heavy (non-hydrogen) atoms. The van der Waals surface area contributed by atoms with Crippen molar-refractivity contribution in [2.24, 2.45) is 0 Å². The minimum absolute atomic E-state index is 0.155. The van der Waals surface area contributed by atoms with E-state index in [1.807, 2.05) is 24.3 Å². The molecule has 3 aromatic rings. The van der Waals surface area contributed by atoms with Gasteiger partial charge in [-0.2, -0.15) is 4.31 Å². The van der Waals surface area contributed by atoms with Crippen LogP contribution >= 0.6 is 34.7 Å². The third kappa shape index (κ3) is 5.83. The number of amides is 1. The molecule has 164 valence electrons. The Balaban J connectivity index is 1.62. The average molecular weight is 497 g/mol. The predicted molar refractivity (Wildman–Crippen MR) is 125 cm³/mol. The first-order chi connectivity index (χ1) is 14.8. The Morgan fingerprint density at radius 2 is 1.77 bits per heavy atom. The Morgan fingerprint density at radius 3 is 2.42 bits per heavy atom. The number of hydrogen-bond acceptors (Lipinski definition) is 7. The van der Waals surface area contributed by atoms with Gasteiger partial charge in [0.05, 0.1) is 4.90 Å². The van der Waals surface area contributed by atoms with Crippen molar-refractivity contribution in [2.75, 3.05) is 18.4 Å². The van der Waals surface area contributed by atoms with Gasteiger partial charge in [0.1, 0.15) is 0 Å². The van der Waals surface area contributed by atoms with Gasteiger partial charge in [0.15, 0.2) is 4.34 Å². The number of nitrogens with one attached hydrogen (secondary N) is 1. The summed E-state index contributed by atoms with van der Waals surface area (Å²) >= 11 is 8.90. The van der Waals surface area contributed by atoms with Crippen LogP contribution in [0.1, 0.15) is 29.8 Å². The van der Waals surface area contributed by atoms with E-state index in [0.29, 0.717) is 38.9 Å². The number of nitrogens with zero attached hydrogens (tertiary/aromatic N) is 3. The molecule has 0 atom stereocenters. The number of carbonyl (C=O) groups excluding carboxylic acids is 1. The van der Waals surface area contributed by atoms with E-state index >= 15 is 0 Å². The highest BCUT2D eigenvalue weighted by molar-refractivity contribution is 8.00. The minimum atomic E-state index is -3.56. The quantitative estimate of drug-likeness (QED) is 0.339. The normalized spacial score (nSPS) is 11.6. The molecular formula is C20H21ClN4O3S3. The number of halogens is 1. The summed E-state index contributed by atoms with van der Waals surface area (Å²) in [6.45, 7) is 4.34. The molecule has 0 aliphatic carbocycles. The summed E-state index contributed by atoms with van der Waals surface area (Å²) in [6.07, 6.45) is 0. The van der Waals surface area contributed by atoms with Gasteiger partial charge in [-0.1, -0.05) is 66.7 Å². The highest BCUT2D eigenvalue weighted by Gasteiger charge is 2.22. The molecule has 2 aromatic carbocycles. The highest BCUT2D eigenvalue weighted by Crippen LogP contribution is 2.30. The minimum Gasteiger partial charge on any atom is -0.296 e. The fourth-order valence-corrected chi connectivity index (χ4v) is 6.22. The molecule has 0 fully saturated rings. The lowest BCUT2D eigenvalue weighted by Gasteiger charge is -2.18. The van der Waals surface area contributed by atoms with Crippen molar-refractivity contribution in [3.05, 3.63) is 64.7 Å². The topological polar surface area (TPSA) is 92.3 Å². The molecule has 0 saturated carbocycles. The smallest absolute Gasteiger partial charge is 0.257 e. The van der Waals surface area contributed by atoms with Crippen molar-refractivity contribution < 1.29 is 13.2 Å². The number of hydrogen-bond donors (Lipinski definition) is 1. The first-order valence-electron chi connectivity index (χ1n) is 9.46. The zero-order valence-corrected chi connectivity index (χ0v) is 20.1. The van der Waals surface area contributed by atoms with Crippen LogP contribution in [0.3, 0.4) is 0 Å². The van der Waals surface area contributed by atoms with Crippen LogP contribution in [0.2, 0.25) is 5.02 Å². The summed E-state index contributed by atoms with van der Waals surface area (Å²) in [6, 6.07) is 13.4. The van der Waals surface area contributed by atoms with Crippen molar-refractivity contribution in [1.29, 1.82) is 0 Å². The highest BCUT2D eigenvalue weighted by atomic mass is 35.5. The van der Waals surface area contributed by atoms with E-state index in [-0.39, 0.29) is 10.8 Å². The number of sulfonamides is 1. The standard InChI is InChI=1S/C20H21ClN4O3S3/c1-3-25(4-2)31(27,28)16-11-9-14(10-12-16)18(26)22-19-23-24-20(30-19)29-13-15-7-5-6-8-17(15)21/h5-12H,3-4,13H2,1-2H3,(H,22,23,26). The van der Waals surface area contributed by atoms with Crippen LogP contribution in [-0.4, -0.2) is 41.9 Å². The van der Waals surface area contributed by atoms with Gasteiger partial charge in [-0.05, 0) is 35.9 Å². The molecule has 7 nitrogen and oxygen atoms in total. The summed E-state index contributed by atoms with van der Waals surface area (Å²) in [5.74, 6) is 0.260. The Bertz CT molecular complexity index is 1150. The number of benzene rings is 2. The van der Waals surface area contributed by atoms with Gasteiger partial charge in [-0.15, -0.1) is 10.2 Å². The van der Waals surface area contributed by atoms with Crippen molar-refractivity contribution in [3.8, 4) is 0 Å². The SMILES string of the molecule is CCN(CC)S(=O)(=O)c1ccc(C(=O)Nc2nnc(SCc3ccccc3Cl)s2)cc1. The Hall–Kier alpha value is -1.98. The molecule has 1 aromatic heterocycles. The lowest BCUT2D eigenvalue weighted by molar-refractivity contribution is 0.102. The second-order valence-electron chi connectivity index (χ2n) is 6.32. The second-order valence-corrected chi connectivity index (χ2v) is 10.9. The lowest BCUT2D eigenvalue weighted by Crippen LogP contribution is -2.30. The molecule has 0 spiro atoms. The van der Waals surface area contributed by atoms with Crippen LogP contribution in [0.15, 0.2) is 57.8 Å². The molecule has 0 radical (unpaired) electrons. The summed E-state index contributed by atoms with van der Waals surface area (Å²) in [4.78, 5) is 12.7. The van der Waals surface area contributed by atoms with Gasteiger partial charge in [0.2, 0.25) is 15.2 Å². The first-order valence-corrected chi connectivity index (χ1v) is 13.1. The summed E-state index contributed by atoms with van der Waals surface area (Å²) in [7, 11) is -3.56. The van der Waals surface area contributed by atoms with E-state index in [4.69, 9.17) is 11.6 Å². The van der Waals surface area contributed by atoms with Gasteiger partial charge in [0.25, 0.3) is 5.91 Å². The lowest BCUT2D eigenvalue weighted by atomic mass is 10.2. The zero-order valence-electron chi connectivity index (χ0n) is 16.9. The Morgan fingerprint density at radius 1 is 1.10 bits per heavy atom. The van der Waals surface area contributed by atoms with Gasteiger partial charge < -0.3 is 0 Å². The second kappa shape index (κ2) is 10.6. The molecule has 1 amide bonds. The fraction of sp³-hybridized carbons (Fsp3) is 0.250. The maximum absolute atomic E-state index is 12.6. The molecule has 1 N–H and O–H groups in total. The third-order valence-electron chi connectivity index (χ3n) is 4.40. The van der Waals surface area contributed by atoms with E-state index in [9.17, 15) is 13.2 Å². The van der Waals surface area contributed by atoms with E-state index in [1.165, 1.54) is 51.7 Å². The van der Waals surface area contributed by atoms with E-state index in [1.54, 1.807) is 13.8 Å². The molecule has 0 unspecified atom stereocenters. The van der Waals surface area contributed by atoms with Gasteiger partial charge in [0, 0.05) is 29.4 Å². The summed E-state index contributed by atoms with van der Waals surface area (Å²) < 4.78 is 27.2. The number of thioether (sulfide) groups is 1. The number of carbonyl (C=O) groups is 1. The molecule has 3 rings (SSSR count). The number of aromatic nitrogens is 2. The maximum Gasteiger partial charge on any atom is 0.257 e. The molecule has 0 bridgehead atoms. The van der Waals surface area contributed by atoms with Crippen LogP contribution in [0.25, 0.3) is 0 Å². The number of rotatable bonds is 9. The van der Waals surface area contributed by atoms with Crippen LogP contribution in [0.4, 0.5) is 5.13 Å². The molecule has 0 aliphatic rings. The first kappa shape index (κ1) is 23.7. The maximum atomic E-state index is 12.6. The van der Waals surface area contributed by atoms with Gasteiger partial charge >= 0.3 is 0 Å². The molecule has 1 heterocycles. The third-order valence-corrected chi connectivity index (χ3v) is 8.85. The predicted octanol–water partition coefficient (Wildman–Crippen LogP) is 4.77. The Labute approximate surface area is 194 Å². The monoisotopic (exact) mass is 496 g/mol. The molecule has 0 aliphatic heterocycles. The molecule has 0 saturated heterocycles. The summed E-state index contributed by atoms with van der Waals surface area (Å²) in [5.41, 5.74) is 1.33. The largest absolute Gasteiger partial charge is 0.296 e. The number of anilines is 1. The van der Waals surface area contributed by atoms with Crippen LogP contribution in [0.5, 0.6) is 0 Å². The van der Waals surface area contributed by atoms with Crippen molar-refractivity contribution >= 4 is 55.8 Å².